The molecule has 0 bridgehead atoms. The Kier molecular flexibility index (Phi) is 6.11. The largest absolute Gasteiger partial charge is 0.494 e. The minimum absolute atomic E-state index is 0.0662. The van der Waals surface area contributed by atoms with Crippen molar-refractivity contribution >= 4 is 5.91 Å². The van der Waals surface area contributed by atoms with Crippen molar-refractivity contribution < 1.29 is 13.9 Å². The van der Waals surface area contributed by atoms with Crippen LogP contribution in [0, 0.1) is 5.82 Å². The third-order valence-corrected chi connectivity index (χ3v) is 5.42. The molecule has 1 aliphatic rings. The summed E-state index contributed by atoms with van der Waals surface area (Å²) in [4.78, 5) is 29.2. The summed E-state index contributed by atoms with van der Waals surface area (Å²) in [5.41, 5.74) is 1.34. The van der Waals surface area contributed by atoms with Gasteiger partial charge in [0.2, 0.25) is 5.91 Å². The van der Waals surface area contributed by atoms with Crippen LogP contribution in [0.3, 0.4) is 0 Å². The first-order valence-electron chi connectivity index (χ1n) is 10.2. The number of carbonyl (C=O) groups excluding carboxylic acids is 1. The van der Waals surface area contributed by atoms with Crippen molar-refractivity contribution in [3.05, 3.63) is 76.0 Å². The van der Waals surface area contributed by atoms with E-state index >= 15 is 0 Å². The molecule has 1 aliphatic heterocycles. The molecule has 1 amide bonds. The Balaban J connectivity index is 1.36. The predicted octanol–water partition coefficient (Wildman–Crippen LogP) is 1.70. The van der Waals surface area contributed by atoms with Gasteiger partial charge < -0.3 is 10.1 Å². The van der Waals surface area contributed by atoms with E-state index in [1.54, 1.807) is 23.0 Å². The number of benzene rings is 1. The van der Waals surface area contributed by atoms with E-state index in [0.717, 1.165) is 11.4 Å². The number of ether oxygens (including phenoxy) is 1. The summed E-state index contributed by atoms with van der Waals surface area (Å²) in [5, 5.41) is 7.49. The highest BCUT2D eigenvalue weighted by Gasteiger charge is 2.22. The summed E-state index contributed by atoms with van der Waals surface area (Å²) in [7, 11) is 1.40. The second-order valence-corrected chi connectivity index (χ2v) is 7.61. The number of aryl methyl sites for hydroxylation is 1. The fourth-order valence-corrected chi connectivity index (χ4v) is 3.82. The van der Waals surface area contributed by atoms with Gasteiger partial charge in [0.25, 0.3) is 0 Å². The summed E-state index contributed by atoms with van der Waals surface area (Å²) < 4.78 is 21.9. The fraction of sp³-hybridized carbons (Fsp3) is 0.364. The number of halogens is 1. The molecule has 0 saturated heterocycles. The van der Waals surface area contributed by atoms with E-state index in [4.69, 9.17) is 4.74 Å². The molecule has 3 heterocycles. The summed E-state index contributed by atoms with van der Waals surface area (Å²) in [6.07, 6.45) is 5.41. The van der Waals surface area contributed by atoms with Crippen molar-refractivity contribution in [2.75, 3.05) is 7.11 Å². The van der Waals surface area contributed by atoms with Crippen molar-refractivity contribution in [2.45, 2.75) is 44.8 Å². The van der Waals surface area contributed by atoms with Gasteiger partial charge >= 0.3 is 5.69 Å². The van der Waals surface area contributed by atoms with Gasteiger partial charge in [0.1, 0.15) is 5.82 Å². The molecule has 3 aromatic rings. The van der Waals surface area contributed by atoms with Crippen molar-refractivity contribution in [1.29, 1.82) is 0 Å². The van der Waals surface area contributed by atoms with Crippen LogP contribution in [0.15, 0.2) is 47.5 Å². The van der Waals surface area contributed by atoms with Crippen LogP contribution in [0.1, 0.15) is 29.8 Å². The van der Waals surface area contributed by atoms with Crippen LogP contribution in [0.2, 0.25) is 0 Å². The topological polar surface area (TPSA) is 91.0 Å². The lowest BCUT2D eigenvalue weighted by atomic mass is 10.1. The maximum Gasteiger partial charge on any atom is 0.346 e. The Bertz CT molecular complexity index is 1130. The van der Waals surface area contributed by atoms with Gasteiger partial charge in [0, 0.05) is 31.4 Å². The summed E-state index contributed by atoms with van der Waals surface area (Å²) in [6.45, 7) is 0.870. The SMILES string of the molecule is COc1ccc(CC(=O)NC2CCc3nn(Cc4cccnc4)c(=O)n3CC2)cc1F. The van der Waals surface area contributed by atoms with Crippen molar-refractivity contribution in [3.8, 4) is 5.75 Å². The smallest absolute Gasteiger partial charge is 0.346 e. The lowest BCUT2D eigenvalue weighted by Crippen LogP contribution is -2.36. The number of nitrogens with zero attached hydrogens (tertiary/aromatic N) is 4. The first-order valence-corrected chi connectivity index (χ1v) is 10.2. The number of aromatic nitrogens is 4. The van der Waals surface area contributed by atoms with E-state index in [-0.39, 0.29) is 29.8 Å². The zero-order valence-corrected chi connectivity index (χ0v) is 17.3. The maximum atomic E-state index is 13.8. The Labute approximate surface area is 178 Å². The number of fused-ring (bicyclic) bond motifs is 1. The molecule has 31 heavy (non-hydrogen) atoms. The molecule has 0 saturated carbocycles. The lowest BCUT2D eigenvalue weighted by molar-refractivity contribution is -0.121. The molecule has 162 valence electrons. The molecule has 8 nitrogen and oxygen atoms in total. The third kappa shape index (κ3) is 4.82. The molecular formula is C22H24FN5O3. The number of hydrogen-bond donors (Lipinski definition) is 1. The highest BCUT2D eigenvalue weighted by molar-refractivity contribution is 5.78. The standard InChI is InChI=1S/C22H24FN5O3/c1-31-19-6-4-15(11-18(19)23)12-21(29)25-17-5-7-20-26-28(22(30)27(20)10-8-17)14-16-3-2-9-24-13-16/h2-4,6,9,11,13,17H,5,7-8,10,12,14H2,1H3,(H,25,29). The summed E-state index contributed by atoms with van der Waals surface area (Å²) in [6, 6.07) is 8.17. The molecule has 1 atom stereocenters. The van der Waals surface area contributed by atoms with Gasteiger partial charge in [-0.3, -0.25) is 14.3 Å². The minimum Gasteiger partial charge on any atom is -0.494 e. The van der Waals surface area contributed by atoms with Gasteiger partial charge in [-0.2, -0.15) is 5.10 Å². The van der Waals surface area contributed by atoms with Crippen LogP contribution in [0.4, 0.5) is 4.39 Å². The third-order valence-electron chi connectivity index (χ3n) is 5.42. The average molecular weight is 425 g/mol. The zero-order valence-electron chi connectivity index (χ0n) is 17.3. The van der Waals surface area contributed by atoms with Crippen LogP contribution >= 0.6 is 0 Å². The quantitative estimate of drug-likeness (QED) is 0.649. The van der Waals surface area contributed by atoms with Crippen LogP contribution in [0.25, 0.3) is 0 Å². The fourth-order valence-electron chi connectivity index (χ4n) is 3.82. The molecule has 1 unspecified atom stereocenters. The number of methoxy groups -OCH3 is 1. The monoisotopic (exact) mass is 425 g/mol. The number of nitrogens with one attached hydrogen (secondary N) is 1. The van der Waals surface area contributed by atoms with Crippen LogP contribution in [-0.2, 0) is 30.7 Å². The Morgan fingerprint density at radius 1 is 1.29 bits per heavy atom. The van der Waals surface area contributed by atoms with Crippen molar-refractivity contribution in [2.24, 2.45) is 0 Å². The molecule has 9 heteroatoms. The molecule has 4 rings (SSSR count). The normalized spacial score (nSPS) is 15.7. The predicted molar refractivity (Wildman–Crippen MR) is 111 cm³/mol. The van der Waals surface area contributed by atoms with Gasteiger partial charge in [-0.1, -0.05) is 12.1 Å². The second kappa shape index (κ2) is 9.11. The van der Waals surface area contributed by atoms with Crippen molar-refractivity contribution in [3.63, 3.8) is 0 Å². The van der Waals surface area contributed by atoms with E-state index in [9.17, 15) is 14.0 Å². The first-order chi connectivity index (χ1) is 15.0. The van der Waals surface area contributed by atoms with Gasteiger partial charge in [-0.15, -0.1) is 0 Å². The van der Waals surface area contributed by atoms with E-state index in [1.807, 2.05) is 12.1 Å². The van der Waals surface area contributed by atoms with Crippen LogP contribution < -0.4 is 15.7 Å². The average Bonchev–Trinajstić information content (AvgIpc) is 2.92. The highest BCUT2D eigenvalue weighted by Crippen LogP contribution is 2.18. The Morgan fingerprint density at radius 2 is 2.16 bits per heavy atom. The molecule has 0 fully saturated rings. The van der Waals surface area contributed by atoms with Gasteiger partial charge in [0.05, 0.1) is 20.1 Å². The molecule has 0 spiro atoms. The van der Waals surface area contributed by atoms with E-state index in [2.05, 4.69) is 15.4 Å². The molecule has 1 N–H and O–H groups in total. The summed E-state index contributed by atoms with van der Waals surface area (Å²) >= 11 is 0. The maximum absolute atomic E-state index is 13.8. The number of hydrogen-bond acceptors (Lipinski definition) is 5. The second-order valence-electron chi connectivity index (χ2n) is 7.61. The Morgan fingerprint density at radius 3 is 2.90 bits per heavy atom. The molecule has 1 aromatic carbocycles. The number of amides is 1. The number of rotatable bonds is 6. The van der Waals surface area contributed by atoms with Gasteiger partial charge in [0.15, 0.2) is 11.6 Å². The summed E-state index contributed by atoms with van der Waals surface area (Å²) in [5.74, 6) is 0.206. The Hall–Kier alpha value is -3.49. The van der Waals surface area contributed by atoms with Crippen LogP contribution in [0.5, 0.6) is 5.75 Å². The zero-order chi connectivity index (χ0) is 21.8. The molecular weight excluding hydrogens is 401 g/mol. The minimum atomic E-state index is -0.491. The van der Waals surface area contributed by atoms with Gasteiger partial charge in [-0.25, -0.2) is 13.9 Å². The molecule has 2 aromatic heterocycles. The van der Waals surface area contributed by atoms with Gasteiger partial charge in [-0.05, 0) is 42.2 Å². The van der Waals surface area contributed by atoms with Crippen LogP contribution in [-0.4, -0.2) is 38.4 Å². The molecule has 0 aliphatic carbocycles. The van der Waals surface area contributed by atoms with E-state index in [0.29, 0.717) is 37.9 Å². The number of carbonyl (C=O) groups is 1. The van der Waals surface area contributed by atoms with E-state index in [1.165, 1.54) is 23.9 Å². The first kappa shape index (κ1) is 20.8. The number of pyridine rings is 1. The lowest BCUT2D eigenvalue weighted by Gasteiger charge is -2.16. The van der Waals surface area contributed by atoms with E-state index < -0.39 is 5.82 Å². The van der Waals surface area contributed by atoms with Crippen molar-refractivity contribution in [1.82, 2.24) is 24.6 Å². The molecule has 0 radical (unpaired) electrons. The highest BCUT2D eigenvalue weighted by atomic mass is 19.1.